The van der Waals surface area contributed by atoms with Gasteiger partial charge in [0.2, 0.25) is 0 Å². The maximum Gasteiger partial charge on any atom is 0.459 e. The van der Waals surface area contributed by atoms with E-state index in [1.165, 1.54) is 62.1 Å². The van der Waals surface area contributed by atoms with Gasteiger partial charge in [-0.2, -0.15) is 10.2 Å². The second-order valence-corrected chi connectivity index (χ2v) is 23.1. The van der Waals surface area contributed by atoms with Gasteiger partial charge in [-0.3, -0.25) is 37.4 Å². The van der Waals surface area contributed by atoms with Crippen molar-refractivity contribution < 1.29 is 85.0 Å². The summed E-state index contributed by atoms with van der Waals surface area (Å²) in [5.41, 5.74) is 13.0. The summed E-state index contributed by atoms with van der Waals surface area (Å²) in [6, 6.07) is 14.3. The molecule has 32 heteroatoms. The van der Waals surface area contributed by atoms with E-state index < -0.39 is 119 Å². The van der Waals surface area contributed by atoms with Gasteiger partial charge in [-0.1, -0.05) is 65.1 Å². The number of nitrogens with one attached hydrogen (secondary N) is 2. The molecule has 2 fully saturated rings. The SMILES string of the molecule is C.C.CC(C)OC(=O)[C@H](C)NP(=O)(Oc1ccccc1)O[C@@H](C)[C@H]1O[C@@H](n2cnc3c(N)ncnc32)[C@H](O)[C@@H]1O.CCC(=O)O[C@H]1[C@@H](OC(=O)CC)[C@H](n2cnc3c(N)ncnc32)O[C@@H]1[C@H](C)OP(=O)(N[C@@H](C)C(=O)OC(C)C)Oc1ccccc1. The Morgan fingerprint density at radius 3 is 1.40 bits per heavy atom. The lowest BCUT2D eigenvalue weighted by Gasteiger charge is -2.30. The minimum absolute atomic E-state index is 0. The average molecular weight is 1250 g/mol. The third kappa shape index (κ3) is 17.0. The fourth-order valence-corrected chi connectivity index (χ4v) is 12.0. The Kier molecular flexibility index (Phi) is 24.6. The van der Waals surface area contributed by atoms with Gasteiger partial charge in [0.05, 0.1) is 37.1 Å². The van der Waals surface area contributed by atoms with Crippen LogP contribution in [0.3, 0.4) is 0 Å². The van der Waals surface area contributed by atoms with Gasteiger partial charge in [0.25, 0.3) is 0 Å². The number of ether oxygens (including phenoxy) is 6. The zero-order valence-electron chi connectivity index (χ0n) is 47.6. The number of carbonyl (C=O) groups is 4. The number of carbonyl (C=O) groups excluding carboxylic acids is 4. The lowest BCUT2D eigenvalue weighted by Crippen LogP contribution is -2.44. The van der Waals surface area contributed by atoms with Gasteiger partial charge in [-0.15, -0.1) is 0 Å². The van der Waals surface area contributed by atoms with E-state index in [2.05, 4.69) is 40.1 Å². The van der Waals surface area contributed by atoms with E-state index in [-0.39, 0.29) is 68.1 Å². The molecule has 14 atom stereocenters. The molecule has 2 aliphatic rings. The number of anilines is 2. The highest BCUT2D eigenvalue weighted by Gasteiger charge is 2.55. The Bertz CT molecular complexity index is 3310. The van der Waals surface area contributed by atoms with Crippen LogP contribution >= 0.6 is 15.5 Å². The summed E-state index contributed by atoms with van der Waals surface area (Å²) in [6.07, 6.45) is -7.72. The molecular formula is C54H78N12O18P2. The van der Waals surface area contributed by atoms with E-state index in [0.29, 0.717) is 11.2 Å². The third-order valence-corrected chi connectivity index (χ3v) is 16.1. The normalized spacial score (nSPS) is 22.8. The van der Waals surface area contributed by atoms with Crippen molar-refractivity contribution in [3.63, 3.8) is 0 Å². The number of imidazole rings is 2. The molecule has 8 N–H and O–H groups in total. The van der Waals surface area contributed by atoms with Crippen LogP contribution in [0.1, 0.15) is 109 Å². The second-order valence-electron chi connectivity index (χ2n) is 19.8. The first-order chi connectivity index (χ1) is 39.8. The van der Waals surface area contributed by atoms with Crippen LogP contribution in [0, 0.1) is 0 Å². The molecule has 6 heterocycles. The predicted octanol–water partition coefficient (Wildman–Crippen LogP) is 6.29. The van der Waals surface area contributed by atoms with Gasteiger partial charge in [-0.25, -0.2) is 39.0 Å². The van der Waals surface area contributed by atoms with Gasteiger partial charge < -0.3 is 59.1 Å². The topological polar surface area (TPSA) is 398 Å². The van der Waals surface area contributed by atoms with E-state index in [1.807, 2.05) is 0 Å². The first kappa shape index (κ1) is 69.5. The lowest BCUT2D eigenvalue weighted by atomic mass is 10.1. The Morgan fingerprint density at radius 1 is 0.581 bits per heavy atom. The van der Waals surface area contributed by atoms with Crippen molar-refractivity contribution in [1.29, 1.82) is 0 Å². The van der Waals surface area contributed by atoms with Crippen LogP contribution in [0.25, 0.3) is 22.3 Å². The molecule has 0 aliphatic carbocycles. The number of para-hydroxylation sites is 2. The second kappa shape index (κ2) is 30.4. The van der Waals surface area contributed by atoms with Crippen LogP contribution in [0.4, 0.5) is 11.6 Å². The highest BCUT2D eigenvalue weighted by molar-refractivity contribution is 7.52. The Hall–Kier alpha value is -7.24. The highest BCUT2D eigenvalue weighted by Crippen LogP contribution is 2.50. The van der Waals surface area contributed by atoms with Gasteiger partial charge in [0, 0.05) is 12.8 Å². The number of esters is 4. The summed E-state index contributed by atoms with van der Waals surface area (Å²) < 4.78 is 88.6. The number of nitrogen functional groups attached to an aromatic ring is 2. The molecule has 0 spiro atoms. The fraction of sp³-hybridized carbons (Fsp3) is 0.519. The van der Waals surface area contributed by atoms with Gasteiger partial charge in [-0.05, 0) is 79.7 Å². The summed E-state index contributed by atoms with van der Waals surface area (Å²) in [7, 11) is -8.64. The smallest absolute Gasteiger partial charge is 0.459 e. The number of fused-ring (bicyclic) bond motifs is 2. The van der Waals surface area contributed by atoms with E-state index in [0.717, 1.165) is 0 Å². The van der Waals surface area contributed by atoms with Crippen LogP contribution in [0.2, 0.25) is 0 Å². The van der Waals surface area contributed by atoms with Crippen molar-refractivity contribution in [2.24, 2.45) is 0 Å². The molecule has 2 aromatic carbocycles. The molecule has 30 nitrogen and oxygen atoms in total. The Balaban J connectivity index is 0.000000312. The number of hydrogen-bond acceptors (Lipinski definition) is 26. The number of rotatable bonds is 24. The fourth-order valence-electron chi connectivity index (χ4n) is 8.62. The van der Waals surface area contributed by atoms with E-state index in [9.17, 15) is 38.5 Å². The highest BCUT2D eigenvalue weighted by atomic mass is 31.2. The molecule has 4 aromatic heterocycles. The minimum Gasteiger partial charge on any atom is -0.462 e. The zero-order chi connectivity index (χ0) is 61.2. The molecule has 0 bridgehead atoms. The van der Waals surface area contributed by atoms with E-state index >= 15 is 0 Å². The van der Waals surface area contributed by atoms with Crippen molar-refractivity contribution in [3.8, 4) is 11.5 Å². The molecule has 8 rings (SSSR count). The monoisotopic (exact) mass is 1240 g/mol. The number of hydrogen-bond donors (Lipinski definition) is 6. The molecule has 0 radical (unpaired) electrons. The van der Waals surface area contributed by atoms with Crippen molar-refractivity contribution in [1.82, 2.24) is 49.2 Å². The maximum absolute atomic E-state index is 14.3. The predicted molar refractivity (Wildman–Crippen MR) is 311 cm³/mol. The molecule has 86 heavy (non-hydrogen) atoms. The summed E-state index contributed by atoms with van der Waals surface area (Å²) >= 11 is 0. The van der Waals surface area contributed by atoms with Crippen LogP contribution in [0.5, 0.6) is 11.5 Å². The summed E-state index contributed by atoms with van der Waals surface area (Å²) in [4.78, 5) is 75.0. The number of aromatic nitrogens is 8. The van der Waals surface area contributed by atoms with Crippen molar-refractivity contribution in [2.75, 3.05) is 11.5 Å². The summed E-state index contributed by atoms with van der Waals surface area (Å²) in [6.45, 7) is 15.9. The quantitative estimate of drug-likeness (QED) is 0.0220. The van der Waals surface area contributed by atoms with Crippen LogP contribution in [0.15, 0.2) is 86.0 Å². The standard InChI is InChI=1S/C29H39N6O10P.C23H31N6O8P.2CH4/c1-7-20(36)41-24-23(43-28(25(24)42-21(37)8-2)35-15-33-22-26(30)31-14-32-27(22)35)18(6)44-46(39,45-19-12-10-9-11-13-19)34-17(5)29(38)40-16(3)4;1-12(2)34-23(32)13(3)28-38(33,37-15-8-6-5-7-9-15)36-14(4)19-17(30)18(31)22(35-19)29-11-27-16-20(24)25-10-26-21(16)29;;/h9-18,23-25,28H,7-8H2,1-6H3,(H,34,39)(H2,30,31,32);5-14,17-19,22,30-31H,1-4H3,(H,28,33)(H2,24,25,26);2*1H4/t17-,18-,23+,24+,25+,28+,46?;13-,14-,17-,18+,19+,22+,38?;;/m00../s1. The number of aliphatic hydroxyl groups excluding tert-OH is 2. The van der Waals surface area contributed by atoms with Crippen molar-refractivity contribution in [3.05, 3.63) is 86.0 Å². The van der Waals surface area contributed by atoms with Crippen molar-refractivity contribution in [2.45, 2.75) is 183 Å². The zero-order valence-corrected chi connectivity index (χ0v) is 49.4. The molecule has 6 aromatic rings. The number of aliphatic hydroxyl groups is 2. The number of nitrogens with two attached hydrogens (primary N) is 2. The van der Waals surface area contributed by atoms with Crippen LogP contribution < -0.4 is 30.7 Å². The first-order valence-corrected chi connectivity index (χ1v) is 29.9. The average Bonchev–Trinajstić information content (AvgIpc) is 2.15. The molecule has 0 amide bonds. The molecule has 2 saturated heterocycles. The van der Waals surface area contributed by atoms with Gasteiger partial charge in [0.15, 0.2) is 47.6 Å². The van der Waals surface area contributed by atoms with E-state index in [1.54, 1.807) is 102 Å². The molecule has 2 aliphatic heterocycles. The minimum atomic E-state index is -4.38. The number of nitrogens with zero attached hydrogens (tertiary/aromatic N) is 8. The van der Waals surface area contributed by atoms with Crippen LogP contribution in [-0.4, -0.2) is 146 Å². The van der Waals surface area contributed by atoms with Crippen molar-refractivity contribution >= 4 is 73.3 Å². The molecular weight excluding hydrogens is 1170 g/mol. The van der Waals surface area contributed by atoms with Gasteiger partial charge in [0.1, 0.15) is 71.7 Å². The maximum atomic E-state index is 14.3. The Labute approximate surface area is 497 Å². The molecule has 2 unspecified atom stereocenters. The largest absolute Gasteiger partial charge is 0.462 e. The Morgan fingerprint density at radius 2 is 0.977 bits per heavy atom. The summed E-state index contributed by atoms with van der Waals surface area (Å²) in [5, 5.41) is 26.8. The third-order valence-electron chi connectivity index (χ3n) is 12.5. The lowest BCUT2D eigenvalue weighted by molar-refractivity contribution is -0.168. The summed E-state index contributed by atoms with van der Waals surface area (Å²) in [5.74, 6) is -1.89. The van der Waals surface area contributed by atoms with Crippen LogP contribution in [-0.2, 0) is 65.8 Å². The number of benzene rings is 2. The molecule has 472 valence electrons. The first-order valence-electron chi connectivity index (χ1n) is 26.8. The van der Waals surface area contributed by atoms with Gasteiger partial charge >= 0.3 is 39.4 Å². The molecule has 0 saturated carbocycles. The van der Waals surface area contributed by atoms with E-state index in [4.69, 9.17) is 58.0 Å².